The van der Waals surface area contributed by atoms with Crippen molar-refractivity contribution in [1.82, 2.24) is 0 Å². The van der Waals surface area contributed by atoms with E-state index in [1.54, 1.807) is 38.5 Å². The Bertz CT molecular complexity index is 971. The Hall–Kier alpha value is -3.15. The molecule has 0 saturated carbocycles. The highest BCUT2D eigenvalue weighted by Gasteiger charge is 2.42. The van der Waals surface area contributed by atoms with E-state index in [1.165, 1.54) is 14.2 Å². The second kappa shape index (κ2) is 7.11. The van der Waals surface area contributed by atoms with Gasteiger partial charge in [0.25, 0.3) is 0 Å². The minimum atomic E-state index is -0.700. The van der Waals surface area contributed by atoms with Crippen molar-refractivity contribution in [2.24, 2.45) is 0 Å². The van der Waals surface area contributed by atoms with Crippen LogP contribution in [0.15, 0.2) is 36.1 Å². The molecular formula is C22H24O6. The molecule has 28 heavy (non-hydrogen) atoms. The van der Waals surface area contributed by atoms with Crippen LogP contribution < -0.4 is 18.9 Å². The first kappa shape index (κ1) is 19.6. The highest BCUT2D eigenvalue weighted by molar-refractivity contribution is 6.17. The van der Waals surface area contributed by atoms with Crippen LogP contribution >= 0.6 is 0 Å². The third-order valence-electron chi connectivity index (χ3n) is 5.18. The number of Topliss-reactive ketones (excluding diaryl/α,β-unsaturated/α-hetero) is 1. The van der Waals surface area contributed by atoms with Crippen molar-refractivity contribution in [2.75, 3.05) is 28.4 Å². The van der Waals surface area contributed by atoms with Crippen LogP contribution in [0, 0.1) is 0 Å². The molecule has 0 radical (unpaired) electrons. The molecule has 148 valence electrons. The van der Waals surface area contributed by atoms with Gasteiger partial charge in [0.1, 0.15) is 11.5 Å². The Morgan fingerprint density at radius 3 is 2.04 bits per heavy atom. The largest absolute Gasteiger partial charge is 0.504 e. The van der Waals surface area contributed by atoms with E-state index in [0.717, 1.165) is 5.56 Å². The minimum Gasteiger partial charge on any atom is -0.504 e. The molecule has 0 unspecified atom stereocenters. The Balaban J connectivity index is 2.29. The van der Waals surface area contributed by atoms with E-state index in [4.69, 9.17) is 18.9 Å². The van der Waals surface area contributed by atoms with Crippen LogP contribution in [0.2, 0.25) is 0 Å². The average Bonchev–Trinajstić information content (AvgIpc) is 2.70. The monoisotopic (exact) mass is 384 g/mol. The van der Waals surface area contributed by atoms with E-state index in [-0.39, 0.29) is 5.76 Å². The number of hydrogen-bond acceptors (Lipinski definition) is 6. The number of fused-ring (bicyclic) bond motifs is 1. The van der Waals surface area contributed by atoms with E-state index < -0.39 is 11.2 Å². The zero-order valence-electron chi connectivity index (χ0n) is 16.9. The van der Waals surface area contributed by atoms with Crippen LogP contribution in [0.25, 0.3) is 5.57 Å². The van der Waals surface area contributed by atoms with Gasteiger partial charge in [0, 0.05) is 17.1 Å². The second-order valence-electron chi connectivity index (χ2n) is 7.00. The molecule has 0 saturated heterocycles. The number of carbonyl (C=O) groups is 1. The van der Waals surface area contributed by atoms with Gasteiger partial charge >= 0.3 is 0 Å². The lowest BCUT2D eigenvalue weighted by Gasteiger charge is -2.36. The number of benzene rings is 2. The van der Waals surface area contributed by atoms with Crippen molar-refractivity contribution in [3.05, 3.63) is 52.8 Å². The van der Waals surface area contributed by atoms with Gasteiger partial charge in [-0.15, -0.1) is 0 Å². The van der Waals surface area contributed by atoms with E-state index in [2.05, 4.69) is 0 Å². The van der Waals surface area contributed by atoms with Crippen LogP contribution in [0.5, 0.6) is 23.0 Å². The molecular weight excluding hydrogens is 360 g/mol. The van der Waals surface area contributed by atoms with Crippen LogP contribution in [0.4, 0.5) is 0 Å². The van der Waals surface area contributed by atoms with Gasteiger partial charge in [0.05, 0.1) is 34.0 Å². The fraction of sp³-hybridized carbons (Fsp3) is 0.318. The molecule has 0 heterocycles. The Morgan fingerprint density at radius 1 is 0.821 bits per heavy atom. The van der Waals surface area contributed by atoms with Crippen LogP contribution in [-0.4, -0.2) is 39.3 Å². The third-order valence-corrected chi connectivity index (χ3v) is 5.18. The molecule has 2 aromatic carbocycles. The van der Waals surface area contributed by atoms with Gasteiger partial charge in [0.15, 0.2) is 17.3 Å². The maximum absolute atomic E-state index is 13.1. The molecule has 6 nitrogen and oxygen atoms in total. The second-order valence-corrected chi connectivity index (χ2v) is 7.00. The van der Waals surface area contributed by atoms with Crippen molar-refractivity contribution < 1.29 is 28.8 Å². The standard InChI is InChI=1S/C22H24O6/c1-22(2)14-10-13(25-3)11-17(28-6)18(14)20(23)21(24)19(22)12-7-8-15(26-4)16(9-12)27-5/h7-11,24H,1-6H3. The van der Waals surface area contributed by atoms with Crippen LogP contribution in [0.3, 0.4) is 0 Å². The maximum atomic E-state index is 13.1. The van der Waals surface area contributed by atoms with E-state index in [9.17, 15) is 9.90 Å². The number of rotatable bonds is 5. The van der Waals surface area contributed by atoms with Crippen molar-refractivity contribution in [1.29, 1.82) is 0 Å². The van der Waals surface area contributed by atoms with Gasteiger partial charge in [0.2, 0.25) is 5.78 Å². The van der Waals surface area contributed by atoms with Crippen LogP contribution in [0.1, 0.15) is 35.3 Å². The first-order chi connectivity index (χ1) is 13.3. The number of aliphatic hydroxyl groups is 1. The first-order valence-corrected chi connectivity index (χ1v) is 8.77. The van der Waals surface area contributed by atoms with E-state index >= 15 is 0 Å². The summed E-state index contributed by atoms with van der Waals surface area (Å²) in [5, 5.41) is 10.9. The molecule has 1 aliphatic carbocycles. The van der Waals surface area contributed by atoms with Gasteiger partial charge < -0.3 is 24.1 Å². The van der Waals surface area contributed by atoms with Crippen molar-refractivity contribution >= 4 is 11.4 Å². The first-order valence-electron chi connectivity index (χ1n) is 8.77. The summed E-state index contributed by atoms with van der Waals surface area (Å²) in [6.45, 7) is 3.89. The molecule has 0 aliphatic heterocycles. The predicted molar refractivity (Wildman–Crippen MR) is 106 cm³/mol. The topological polar surface area (TPSA) is 74.2 Å². The van der Waals surface area contributed by atoms with Crippen molar-refractivity contribution in [2.45, 2.75) is 19.3 Å². The fourth-order valence-corrected chi connectivity index (χ4v) is 3.75. The van der Waals surface area contributed by atoms with Gasteiger partial charge in [-0.3, -0.25) is 4.79 Å². The summed E-state index contributed by atoms with van der Waals surface area (Å²) in [5.74, 6) is 1.22. The zero-order valence-corrected chi connectivity index (χ0v) is 16.9. The lowest BCUT2D eigenvalue weighted by atomic mass is 9.68. The van der Waals surface area contributed by atoms with Gasteiger partial charge in [-0.25, -0.2) is 0 Å². The molecule has 1 aliphatic rings. The predicted octanol–water partition coefficient (Wildman–Crippen LogP) is 4.16. The molecule has 0 spiro atoms. The Labute approximate surface area is 164 Å². The smallest absolute Gasteiger partial charge is 0.231 e. The number of ketones is 1. The maximum Gasteiger partial charge on any atom is 0.231 e. The highest BCUT2D eigenvalue weighted by atomic mass is 16.5. The highest BCUT2D eigenvalue weighted by Crippen LogP contribution is 2.49. The van der Waals surface area contributed by atoms with E-state index in [1.807, 2.05) is 19.9 Å². The summed E-state index contributed by atoms with van der Waals surface area (Å²) >= 11 is 0. The number of allylic oxidation sites excluding steroid dienone is 2. The zero-order chi connectivity index (χ0) is 20.6. The number of aliphatic hydroxyl groups excluding tert-OH is 1. The SMILES string of the molecule is COc1cc(OC)c2c(c1)C(C)(C)C(c1ccc(OC)c(OC)c1)=C(O)C2=O. The third kappa shape index (κ3) is 2.85. The van der Waals surface area contributed by atoms with Gasteiger partial charge in [-0.2, -0.15) is 0 Å². The minimum absolute atomic E-state index is 0.312. The quantitative estimate of drug-likeness (QED) is 0.834. The van der Waals surface area contributed by atoms with Crippen LogP contribution in [-0.2, 0) is 5.41 Å². The number of ether oxygens (including phenoxy) is 4. The molecule has 0 fully saturated rings. The molecule has 0 atom stereocenters. The summed E-state index contributed by atoms with van der Waals surface area (Å²) in [4.78, 5) is 13.1. The molecule has 1 N–H and O–H groups in total. The molecule has 2 aromatic rings. The number of methoxy groups -OCH3 is 4. The molecule has 0 bridgehead atoms. The molecule has 6 heteroatoms. The normalized spacial score (nSPS) is 15.1. The van der Waals surface area contributed by atoms with Crippen molar-refractivity contribution in [3.63, 3.8) is 0 Å². The van der Waals surface area contributed by atoms with Gasteiger partial charge in [-0.1, -0.05) is 19.9 Å². The lowest BCUT2D eigenvalue weighted by molar-refractivity contribution is 0.0968. The van der Waals surface area contributed by atoms with Gasteiger partial charge in [-0.05, 0) is 29.3 Å². The summed E-state index contributed by atoms with van der Waals surface area (Å²) in [6.07, 6.45) is 0. The summed E-state index contributed by atoms with van der Waals surface area (Å²) in [6, 6.07) is 8.74. The average molecular weight is 384 g/mol. The molecule has 0 amide bonds. The summed E-state index contributed by atoms with van der Waals surface area (Å²) < 4.78 is 21.5. The van der Waals surface area contributed by atoms with Crippen molar-refractivity contribution in [3.8, 4) is 23.0 Å². The summed E-state index contributed by atoms with van der Waals surface area (Å²) in [5.41, 5.74) is 1.53. The number of carbonyl (C=O) groups excluding carboxylic acids is 1. The summed E-state index contributed by atoms with van der Waals surface area (Å²) in [7, 11) is 6.14. The Morgan fingerprint density at radius 2 is 1.46 bits per heavy atom. The number of hydrogen-bond donors (Lipinski definition) is 1. The Kier molecular flexibility index (Phi) is 4.98. The lowest BCUT2D eigenvalue weighted by Crippen LogP contribution is -2.31. The fourth-order valence-electron chi connectivity index (χ4n) is 3.75. The molecule has 3 rings (SSSR count). The van der Waals surface area contributed by atoms with E-state index in [0.29, 0.717) is 39.7 Å². The molecule has 0 aromatic heterocycles.